The molecule has 0 aliphatic heterocycles. The smallest absolute Gasteiger partial charge is 0.319 e. The van der Waals surface area contributed by atoms with Crippen molar-refractivity contribution in [2.75, 3.05) is 11.1 Å². The average Bonchev–Trinajstić information content (AvgIpc) is 3.21. The first-order valence-corrected chi connectivity index (χ1v) is 13.0. The van der Waals surface area contributed by atoms with E-state index in [0.717, 1.165) is 0 Å². The van der Waals surface area contributed by atoms with Crippen LogP contribution in [0, 0.1) is 0 Å². The lowest BCUT2D eigenvalue weighted by Crippen LogP contribution is -2.29. The normalized spacial score (nSPS) is 12.3. The highest BCUT2D eigenvalue weighted by Crippen LogP contribution is 2.33. The molecule has 0 aliphatic carbocycles. The Morgan fingerprint density at radius 2 is 1.91 bits per heavy atom. The van der Waals surface area contributed by atoms with Gasteiger partial charge in [0.15, 0.2) is 11.5 Å². The molecule has 8 nitrogen and oxygen atoms in total. The van der Waals surface area contributed by atoms with Crippen LogP contribution in [0.15, 0.2) is 45.5 Å². The summed E-state index contributed by atoms with van der Waals surface area (Å²) in [5, 5.41) is 5.87. The van der Waals surface area contributed by atoms with E-state index in [1.807, 2.05) is 0 Å². The lowest BCUT2D eigenvalue weighted by atomic mass is 10.1. The first kappa shape index (κ1) is 27.3. The van der Waals surface area contributed by atoms with Crippen LogP contribution in [-0.4, -0.2) is 36.5 Å². The van der Waals surface area contributed by atoms with Crippen molar-refractivity contribution < 1.29 is 27.0 Å². The number of carbonyl (C=O) groups is 2. The monoisotopic (exact) mass is 655 g/mol. The number of nitrogens with zero attached hydrogens (tertiary/aromatic N) is 3. The van der Waals surface area contributed by atoms with Gasteiger partial charge in [0.05, 0.1) is 16.3 Å². The molecular weight excluding hydrogens is 643 g/mol. The predicted octanol–water partition coefficient (Wildman–Crippen LogP) is 5.52. The van der Waals surface area contributed by atoms with Crippen molar-refractivity contribution in [1.29, 1.82) is 0 Å². The minimum Gasteiger partial charge on any atom is -0.319 e. The summed E-state index contributed by atoms with van der Waals surface area (Å²) >= 11 is 12.6. The average molecular weight is 658 g/mol. The number of halogens is 6. The number of amides is 2. The van der Waals surface area contributed by atoms with Crippen LogP contribution >= 0.6 is 43.5 Å². The SMILES string of the molecule is CCCS(=O)NC(=O)c1cc(Br)cc(Br)c1NC(=O)c1cc(C(F)(F)F)nn1-c1ncccc1Cl. The van der Waals surface area contributed by atoms with Gasteiger partial charge in [-0.25, -0.2) is 13.9 Å². The molecule has 1 atom stereocenters. The molecule has 1 unspecified atom stereocenters. The van der Waals surface area contributed by atoms with Gasteiger partial charge in [-0.15, -0.1) is 0 Å². The Kier molecular flexibility index (Phi) is 8.72. The molecule has 0 spiro atoms. The number of pyridine rings is 1. The van der Waals surface area contributed by atoms with Gasteiger partial charge >= 0.3 is 6.18 Å². The molecule has 0 saturated heterocycles. The summed E-state index contributed by atoms with van der Waals surface area (Å²) in [5.41, 5.74) is -2.01. The maximum absolute atomic E-state index is 13.4. The van der Waals surface area contributed by atoms with Crippen molar-refractivity contribution in [2.24, 2.45) is 0 Å². The zero-order chi connectivity index (χ0) is 25.9. The fraction of sp³-hybridized carbons (Fsp3) is 0.200. The number of aromatic nitrogens is 3. The first-order valence-electron chi connectivity index (χ1n) is 9.70. The highest BCUT2D eigenvalue weighted by atomic mass is 79.9. The summed E-state index contributed by atoms with van der Waals surface area (Å²) in [4.78, 5) is 29.8. The summed E-state index contributed by atoms with van der Waals surface area (Å²) in [6.45, 7) is 1.79. The Morgan fingerprint density at radius 3 is 2.54 bits per heavy atom. The standard InChI is InChI=1S/C20H15Br2ClF3N5O3S/c1-2-6-35(34)30-18(32)11-7-10(21)8-12(22)16(11)28-19(33)14-9-15(20(24,25)26)29-31(14)17-13(23)4-3-5-27-17/h3-5,7-9H,2,6H2,1H3,(H,28,33)(H,30,32). The second-order valence-corrected chi connectivity index (χ2v) is 10.4. The maximum atomic E-state index is 13.4. The van der Waals surface area contributed by atoms with Crippen LogP contribution in [-0.2, 0) is 17.2 Å². The van der Waals surface area contributed by atoms with Gasteiger partial charge in [-0.05, 0) is 46.6 Å². The van der Waals surface area contributed by atoms with Crippen LogP contribution in [0.25, 0.3) is 5.82 Å². The summed E-state index contributed by atoms with van der Waals surface area (Å²) in [5.74, 6) is -1.77. The molecule has 35 heavy (non-hydrogen) atoms. The van der Waals surface area contributed by atoms with Gasteiger partial charge in [-0.2, -0.15) is 18.3 Å². The molecule has 2 heterocycles. The van der Waals surface area contributed by atoms with E-state index >= 15 is 0 Å². The highest BCUT2D eigenvalue weighted by molar-refractivity contribution is 9.11. The molecule has 1 aromatic carbocycles. The summed E-state index contributed by atoms with van der Waals surface area (Å²) in [6.07, 6.45) is -3.02. The zero-order valence-corrected chi connectivity index (χ0v) is 22.4. The maximum Gasteiger partial charge on any atom is 0.435 e. The number of alkyl halides is 3. The molecule has 2 amide bonds. The second kappa shape index (κ2) is 11.2. The Labute approximate surface area is 221 Å². The minimum absolute atomic E-state index is 0.0401. The van der Waals surface area contributed by atoms with Gasteiger partial charge in [0.2, 0.25) is 0 Å². The highest BCUT2D eigenvalue weighted by Gasteiger charge is 2.37. The molecule has 2 aromatic heterocycles. The van der Waals surface area contributed by atoms with E-state index in [-0.39, 0.29) is 32.3 Å². The van der Waals surface area contributed by atoms with E-state index in [1.54, 1.807) is 6.92 Å². The van der Waals surface area contributed by atoms with Gasteiger partial charge in [-0.1, -0.05) is 34.5 Å². The number of anilines is 1. The molecule has 3 rings (SSSR count). The van der Waals surface area contributed by atoms with Crippen LogP contribution in [0.3, 0.4) is 0 Å². The third-order valence-corrected chi connectivity index (χ3v) is 6.88. The molecule has 0 bridgehead atoms. The minimum atomic E-state index is -4.85. The summed E-state index contributed by atoms with van der Waals surface area (Å²) in [7, 11) is -1.66. The molecule has 2 N–H and O–H groups in total. The van der Waals surface area contributed by atoms with Crippen molar-refractivity contribution in [3.8, 4) is 5.82 Å². The largest absolute Gasteiger partial charge is 0.435 e. The van der Waals surface area contributed by atoms with Crippen LogP contribution in [0.2, 0.25) is 5.02 Å². The Bertz CT molecular complexity index is 1320. The van der Waals surface area contributed by atoms with E-state index in [2.05, 4.69) is 52.0 Å². The van der Waals surface area contributed by atoms with Crippen molar-refractivity contribution >= 4 is 71.9 Å². The number of benzene rings is 1. The van der Waals surface area contributed by atoms with Crippen molar-refractivity contribution in [1.82, 2.24) is 19.5 Å². The van der Waals surface area contributed by atoms with Gasteiger partial charge in [-0.3, -0.25) is 14.3 Å². The van der Waals surface area contributed by atoms with E-state index < -0.39 is 40.4 Å². The van der Waals surface area contributed by atoms with Crippen molar-refractivity contribution in [3.05, 3.63) is 67.4 Å². The number of hydrogen-bond acceptors (Lipinski definition) is 5. The van der Waals surface area contributed by atoms with Crippen molar-refractivity contribution in [2.45, 2.75) is 19.5 Å². The molecule has 15 heteroatoms. The van der Waals surface area contributed by atoms with Crippen LogP contribution in [0.1, 0.15) is 39.9 Å². The van der Waals surface area contributed by atoms with E-state index in [9.17, 15) is 27.0 Å². The second-order valence-electron chi connectivity index (χ2n) is 6.88. The predicted molar refractivity (Wildman–Crippen MR) is 132 cm³/mol. The number of rotatable bonds is 7. The van der Waals surface area contributed by atoms with Crippen molar-refractivity contribution in [3.63, 3.8) is 0 Å². The Morgan fingerprint density at radius 1 is 1.20 bits per heavy atom. The Hall–Kier alpha value is -2.29. The molecule has 3 aromatic rings. The summed E-state index contributed by atoms with van der Waals surface area (Å²) < 4.78 is 55.9. The number of hydrogen-bond donors (Lipinski definition) is 2. The fourth-order valence-electron chi connectivity index (χ4n) is 2.83. The molecule has 0 saturated carbocycles. The van der Waals surface area contributed by atoms with E-state index in [0.29, 0.717) is 21.6 Å². The zero-order valence-electron chi connectivity index (χ0n) is 17.6. The first-order chi connectivity index (χ1) is 16.4. The molecule has 0 aliphatic rings. The lowest BCUT2D eigenvalue weighted by Gasteiger charge is -2.14. The number of nitrogens with one attached hydrogen (secondary N) is 2. The van der Waals surface area contributed by atoms with Crippen LogP contribution in [0.4, 0.5) is 18.9 Å². The fourth-order valence-corrected chi connectivity index (χ4v) is 5.14. The lowest BCUT2D eigenvalue weighted by molar-refractivity contribution is -0.141. The quantitative estimate of drug-likeness (QED) is 0.348. The van der Waals surface area contributed by atoms with Gasteiger partial charge < -0.3 is 5.32 Å². The van der Waals surface area contributed by atoms with Crippen LogP contribution in [0.5, 0.6) is 0 Å². The van der Waals surface area contributed by atoms with Gasteiger partial charge in [0, 0.05) is 27.0 Å². The van der Waals surface area contributed by atoms with E-state index in [1.165, 1.54) is 30.5 Å². The molecule has 0 radical (unpaired) electrons. The third-order valence-electron chi connectivity index (χ3n) is 4.31. The van der Waals surface area contributed by atoms with Gasteiger partial charge in [0.25, 0.3) is 11.8 Å². The topological polar surface area (TPSA) is 106 Å². The molecule has 0 fully saturated rings. The summed E-state index contributed by atoms with van der Waals surface area (Å²) in [6, 6.07) is 6.27. The Balaban J connectivity index is 2.06. The molecular formula is C20H15Br2ClF3N5O3S. The van der Waals surface area contributed by atoms with Gasteiger partial charge in [0.1, 0.15) is 16.7 Å². The van der Waals surface area contributed by atoms with Crippen LogP contribution < -0.4 is 10.0 Å². The molecule has 186 valence electrons. The third kappa shape index (κ3) is 6.48. The van der Waals surface area contributed by atoms with E-state index in [4.69, 9.17) is 11.6 Å². The number of carbonyl (C=O) groups excluding carboxylic acids is 2.